The number of aromatic hydroxyl groups is 1. The summed E-state index contributed by atoms with van der Waals surface area (Å²) in [6.45, 7) is 5.54. The van der Waals surface area contributed by atoms with Gasteiger partial charge in [-0.1, -0.05) is 6.07 Å². The third-order valence-corrected chi connectivity index (χ3v) is 1.70. The summed E-state index contributed by atoms with van der Waals surface area (Å²) in [5, 5.41) is 12.1. The number of carbonyl (C=O) groups is 1. The Kier molecular flexibility index (Phi) is 3.77. The third kappa shape index (κ3) is 4.68. The molecule has 0 aromatic heterocycles. The summed E-state index contributed by atoms with van der Waals surface area (Å²) in [4.78, 5) is 11.4. The van der Waals surface area contributed by atoms with Crippen LogP contribution in [0.5, 0.6) is 5.75 Å². The molecule has 0 aliphatic rings. The van der Waals surface area contributed by atoms with Gasteiger partial charge in [0.25, 0.3) is 0 Å². The minimum Gasteiger partial charge on any atom is -0.508 e. The van der Waals surface area contributed by atoms with E-state index in [1.165, 1.54) is 0 Å². The number of esters is 1. The second kappa shape index (κ2) is 4.88. The van der Waals surface area contributed by atoms with Gasteiger partial charge in [-0.25, -0.2) is 0 Å². The van der Waals surface area contributed by atoms with Gasteiger partial charge in [-0.05, 0) is 32.9 Å². The number of carbonyl (C=O) groups excluding carboxylic acids is 1. The van der Waals surface area contributed by atoms with Crippen LogP contribution in [0.15, 0.2) is 24.3 Å². The molecule has 0 saturated carbocycles. The van der Waals surface area contributed by atoms with Crippen molar-refractivity contribution < 1.29 is 14.6 Å². The van der Waals surface area contributed by atoms with Crippen molar-refractivity contribution in [2.45, 2.75) is 26.4 Å². The normalized spacial score (nSPS) is 10.9. The molecule has 0 bridgehead atoms. The highest BCUT2D eigenvalue weighted by Crippen LogP contribution is 2.15. The lowest BCUT2D eigenvalue weighted by Crippen LogP contribution is -2.28. The summed E-state index contributed by atoms with van der Waals surface area (Å²) in [7, 11) is 0. The maximum Gasteiger partial charge on any atom is 0.325 e. The van der Waals surface area contributed by atoms with Crippen LogP contribution in [0.3, 0.4) is 0 Å². The molecule has 0 radical (unpaired) electrons. The summed E-state index contributed by atoms with van der Waals surface area (Å²) >= 11 is 0. The number of ether oxygens (including phenoxy) is 1. The first-order chi connectivity index (χ1) is 7.37. The Morgan fingerprint density at radius 1 is 1.44 bits per heavy atom. The first-order valence-corrected chi connectivity index (χ1v) is 5.11. The van der Waals surface area contributed by atoms with Crippen LogP contribution >= 0.6 is 0 Å². The Hall–Kier alpha value is -1.71. The number of rotatable bonds is 3. The second-order valence-electron chi connectivity index (χ2n) is 4.49. The lowest BCUT2D eigenvalue weighted by Gasteiger charge is -2.19. The van der Waals surface area contributed by atoms with Gasteiger partial charge in [-0.3, -0.25) is 4.79 Å². The van der Waals surface area contributed by atoms with Gasteiger partial charge in [-0.2, -0.15) is 0 Å². The number of phenolic OH excluding ortho intramolecular Hbond substituents is 1. The van der Waals surface area contributed by atoms with Crippen LogP contribution < -0.4 is 5.32 Å². The topological polar surface area (TPSA) is 58.6 Å². The first kappa shape index (κ1) is 12.4. The van der Waals surface area contributed by atoms with E-state index >= 15 is 0 Å². The fourth-order valence-corrected chi connectivity index (χ4v) is 1.17. The molecule has 4 heteroatoms. The second-order valence-corrected chi connectivity index (χ2v) is 4.49. The molecule has 0 spiro atoms. The molecule has 1 rings (SSSR count). The van der Waals surface area contributed by atoms with Crippen LogP contribution in [-0.4, -0.2) is 23.2 Å². The van der Waals surface area contributed by atoms with Crippen molar-refractivity contribution in [3.05, 3.63) is 24.3 Å². The van der Waals surface area contributed by atoms with Crippen molar-refractivity contribution in [2.75, 3.05) is 11.9 Å². The van der Waals surface area contributed by atoms with Gasteiger partial charge in [0, 0.05) is 11.8 Å². The zero-order valence-corrected chi connectivity index (χ0v) is 9.78. The third-order valence-electron chi connectivity index (χ3n) is 1.70. The highest BCUT2D eigenvalue weighted by molar-refractivity contribution is 5.75. The maximum absolute atomic E-state index is 11.4. The maximum atomic E-state index is 11.4. The minimum absolute atomic E-state index is 0.0841. The zero-order chi connectivity index (χ0) is 12.2. The summed E-state index contributed by atoms with van der Waals surface area (Å²) in [6, 6.07) is 6.58. The van der Waals surface area contributed by atoms with E-state index in [1.807, 2.05) is 20.8 Å². The average molecular weight is 223 g/mol. The van der Waals surface area contributed by atoms with E-state index in [0.717, 1.165) is 0 Å². The number of phenols is 1. The Bertz CT molecular complexity index is 369. The predicted octanol–water partition coefficient (Wildman–Crippen LogP) is 2.15. The Morgan fingerprint density at radius 3 is 2.69 bits per heavy atom. The molecule has 88 valence electrons. The highest BCUT2D eigenvalue weighted by atomic mass is 16.6. The molecule has 0 unspecified atom stereocenters. The van der Waals surface area contributed by atoms with Crippen molar-refractivity contribution in [3.63, 3.8) is 0 Å². The predicted molar refractivity (Wildman–Crippen MR) is 62.4 cm³/mol. The van der Waals surface area contributed by atoms with Crippen LogP contribution in [0.25, 0.3) is 0 Å². The molecule has 0 aliphatic carbocycles. The monoisotopic (exact) mass is 223 g/mol. The zero-order valence-electron chi connectivity index (χ0n) is 9.78. The van der Waals surface area contributed by atoms with E-state index in [2.05, 4.69) is 5.32 Å². The Balaban J connectivity index is 2.43. The number of benzene rings is 1. The van der Waals surface area contributed by atoms with E-state index in [-0.39, 0.29) is 18.3 Å². The van der Waals surface area contributed by atoms with Crippen molar-refractivity contribution in [1.82, 2.24) is 0 Å². The molecule has 0 saturated heterocycles. The van der Waals surface area contributed by atoms with Crippen molar-refractivity contribution >= 4 is 11.7 Å². The molecule has 16 heavy (non-hydrogen) atoms. The number of hydrogen-bond donors (Lipinski definition) is 2. The van der Waals surface area contributed by atoms with Gasteiger partial charge in [0.1, 0.15) is 17.9 Å². The molecule has 0 heterocycles. The van der Waals surface area contributed by atoms with Crippen molar-refractivity contribution in [2.24, 2.45) is 0 Å². The quantitative estimate of drug-likeness (QED) is 0.771. The molecule has 0 amide bonds. The number of nitrogens with one attached hydrogen (secondary N) is 1. The molecule has 2 N–H and O–H groups in total. The minimum atomic E-state index is -0.475. The lowest BCUT2D eigenvalue weighted by molar-refractivity contribution is -0.152. The fraction of sp³-hybridized carbons (Fsp3) is 0.417. The van der Waals surface area contributed by atoms with E-state index in [1.54, 1.807) is 24.3 Å². The molecule has 4 nitrogen and oxygen atoms in total. The van der Waals surface area contributed by atoms with Crippen molar-refractivity contribution in [1.29, 1.82) is 0 Å². The molecule has 1 aromatic carbocycles. The van der Waals surface area contributed by atoms with Gasteiger partial charge in [0.15, 0.2) is 0 Å². The van der Waals surface area contributed by atoms with Gasteiger partial charge >= 0.3 is 5.97 Å². The van der Waals surface area contributed by atoms with Crippen LogP contribution in [0.4, 0.5) is 5.69 Å². The fourth-order valence-electron chi connectivity index (χ4n) is 1.17. The Morgan fingerprint density at radius 2 is 2.12 bits per heavy atom. The van der Waals surface area contributed by atoms with Crippen LogP contribution in [0.1, 0.15) is 20.8 Å². The lowest BCUT2D eigenvalue weighted by atomic mass is 10.2. The van der Waals surface area contributed by atoms with Gasteiger partial charge < -0.3 is 15.2 Å². The summed E-state index contributed by atoms with van der Waals surface area (Å²) in [5.41, 5.74) is 0.211. The molecule has 1 aromatic rings. The SMILES string of the molecule is CC(C)(C)OC(=O)CNc1cccc(O)c1. The highest BCUT2D eigenvalue weighted by Gasteiger charge is 2.15. The molecule has 0 fully saturated rings. The number of hydrogen-bond acceptors (Lipinski definition) is 4. The molecule has 0 atom stereocenters. The first-order valence-electron chi connectivity index (χ1n) is 5.11. The van der Waals surface area contributed by atoms with Crippen LogP contribution in [0.2, 0.25) is 0 Å². The van der Waals surface area contributed by atoms with Gasteiger partial charge in [0.05, 0.1) is 0 Å². The van der Waals surface area contributed by atoms with E-state index in [0.29, 0.717) is 5.69 Å². The van der Waals surface area contributed by atoms with E-state index in [9.17, 15) is 9.90 Å². The van der Waals surface area contributed by atoms with Crippen LogP contribution in [-0.2, 0) is 9.53 Å². The number of anilines is 1. The van der Waals surface area contributed by atoms with Crippen LogP contribution in [0, 0.1) is 0 Å². The molecular formula is C12H17NO3. The average Bonchev–Trinajstić information content (AvgIpc) is 2.12. The van der Waals surface area contributed by atoms with Gasteiger partial charge in [-0.15, -0.1) is 0 Å². The van der Waals surface area contributed by atoms with Gasteiger partial charge in [0.2, 0.25) is 0 Å². The Labute approximate surface area is 95.2 Å². The summed E-state index contributed by atoms with van der Waals surface area (Å²) in [5.74, 6) is -0.162. The largest absolute Gasteiger partial charge is 0.508 e. The van der Waals surface area contributed by atoms with E-state index in [4.69, 9.17) is 4.74 Å². The standard InChI is InChI=1S/C12H17NO3/c1-12(2,3)16-11(15)8-13-9-5-4-6-10(14)7-9/h4-7,13-14H,8H2,1-3H3. The van der Waals surface area contributed by atoms with E-state index < -0.39 is 5.60 Å². The molecular weight excluding hydrogens is 206 g/mol. The molecule has 0 aliphatic heterocycles. The smallest absolute Gasteiger partial charge is 0.325 e. The summed E-state index contributed by atoms with van der Waals surface area (Å²) < 4.78 is 5.13. The summed E-state index contributed by atoms with van der Waals surface area (Å²) in [6.07, 6.45) is 0. The van der Waals surface area contributed by atoms with Crippen molar-refractivity contribution in [3.8, 4) is 5.75 Å².